The van der Waals surface area contributed by atoms with Crippen molar-refractivity contribution >= 4 is 29.0 Å². The van der Waals surface area contributed by atoms with Crippen molar-refractivity contribution in [3.63, 3.8) is 0 Å². The lowest BCUT2D eigenvalue weighted by atomic mass is 10.1. The minimum atomic E-state index is -0.371. The summed E-state index contributed by atoms with van der Waals surface area (Å²) >= 11 is 1.52. The second-order valence-electron chi connectivity index (χ2n) is 7.89. The topological polar surface area (TPSA) is 76.0 Å². The van der Waals surface area contributed by atoms with Crippen LogP contribution in [0.15, 0.2) is 78.2 Å². The van der Waals surface area contributed by atoms with E-state index in [9.17, 15) is 9.59 Å². The van der Waals surface area contributed by atoms with Gasteiger partial charge in [0.05, 0.1) is 24.7 Å². The number of carbonyl (C=O) groups excluding carboxylic acids is 2. The summed E-state index contributed by atoms with van der Waals surface area (Å²) in [6.45, 7) is 4.03. The van der Waals surface area contributed by atoms with Crippen LogP contribution in [0.25, 0.3) is 11.3 Å². The summed E-state index contributed by atoms with van der Waals surface area (Å²) in [4.78, 5) is 25.6. The van der Waals surface area contributed by atoms with Gasteiger partial charge in [0.15, 0.2) is 0 Å². The van der Waals surface area contributed by atoms with E-state index in [0.29, 0.717) is 12.4 Å². The number of hydrogen-bond donors (Lipinski definition) is 2. The second-order valence-corrected chi connectivity index (χ2v) is 8.87. The molecule has 1 unspecified atom stereocenters. The average molecular weight is 459 g/mol. The maximum absolute atomic E-state index is 13.0. The fourth-order valence-electron chi connectivity index (χ4n) is 3.72. The molecule has 0 aliphatic carbocycles. The minimum Gasteiger partial charge on any atom is -0.348 e. The Kier molecular flexibility index (Phi) is 7.00. The van der Waals surface area contributed by atoms with Crippen LogP contribution < -0.4 is 10.6 Å². The fraction of sp³-hybridized carbons (Fsp3) is 0.192. The number of benzene rings is 2. The Morgan fingerprint density at radius 2 is 1.79 bits per heavy atom. The van der Waals surface area contributed by atoms with Gasteiger partial charge in [-0.15, -0.1) is 11.3 Å². The molecule has 168 valence electrons. The summed E-state index contributed by atoms with van der Waals surface area (Å²) in [6, 6.07) is 23.4. The van der Waals surface area contributed by atoms with Gasteiger partial charge in [0.25, 0.3) is 0 Å². The van der Waals surface area contributed by atoms with Gasteiger partial charge in [-0.2, -0.15) is 5.10 Å². The molecule has 2 amide bonds. The molecular weight excluding hydrogens is 432 g/mol. The van der Waals surface area contributed by atoms with Crippen molar-refractivity contribution in [3.8, 4) is 11.3 Å². The molecule has 0 saturated heterocycles. The summed E-state index contributed by atoms with van der Waals surface area (Å²) < 4.78 is 1.81. The molecule has 0 radical (unpaired) electrons. The Bertz CT molecular complexity index is 1230. The van der Waals surface area contributed by atoms with E-state index in [2.05, 4.69) is 10.6 Å². The Morgan fingerprint density at radius 3 is 2.48 bits per heavy atom. The molecule has 2 aromatic carbocycles. The largest absolute Gasteiger partial charge is 0.348 e. The molecule has 2 aromatic heterocycles. The molecule has 4 aromatic rings. The molecule has 0 aliphatic rings. The fourth-order valence-corrected chi connectivity index (χ4v) is 4.50. The van der Waals surface area contributed by atoms with Crippen LogP contribution in [0.5, 0.6) is 0 Å². The molecule has 0 spiro atoms. The SMILES string of the molecule is CC(=O)NC(CC(=O)Nc1cc(-c2ccccc2C)nn1Cc1ccccc1)c1cccs1. The number of nitrogens with zero attached hydrogens (tertiary/aromatic N) is 2. The van der Waals surface area contributed by atoms with Crippen molar-refractivity contribution in [3.05, 3.63) is 94.2 Å². The van der Waals surface area contributed by atoms with Gasteiger partial charge in [0.1, 0.15) is 5.82 Å². The first-order valence-corrected chi connectivity index (χ1v) is 11.7. The number of aromatic nitrogens is 2. The molecule has 0 aliphatic heterocycles. The van der Waals surface area contributed by atoms with Gasteiger partial charge >= 0.3 is 0 Å². The highest BCUT2D eigenvalue weighted by molar-refractivity contribution is 7.10. The third kappa shape index (κ3) is 5.75. The van der Waals surface area contributed by atoms with E-state index in [1.165, 1.54) is 18.3 Å². The predicted octanol–water partition coefficient (Wildman–Crippen LogP) is 5.17. The number of carbonyl (C=O) groups is 2. The van der Waals surface area contributed by atoms with Crippen molar-refractivity contribution in [1.29, 1.82) is 0 Å². The highest BCUT2D eigenvalue weighted by atomic mass is 32.1. The predicted molar refractivity (Wildman–Crippen MR) is 132 cm³/mol. The molecule has 33 heavy (non-hydrogen) atoms. The van der Waals surface area contributed by atoms with Gasteiger partial charge in [-0.1, -0.05) is 60.7 Å². The van der Waals surface area contributed by atoms with Crippen molar-refractivity contribution in [1.82, 2.24) is 15.1 Å². The highest BCUT2D eigenvalue weighted by Gasteiger charge is 2.20. The lowest BCUT2D eigenvalue weighted by Gasteiger charge is -2.16. The molecule has 6 nitrogen and oxygen atoms in total. The first-order chi connectivity index (χ1) is 16.0. The van der Waals surface area contributed by atoms with Crippen molar-refractivity contribution in [2.75, 3.05) is 5.32 Å². The van der Waals surface area contributed by atoms with Crippen LogP contribution in [0, 0.1) is 6.92 Å². The molecule has 2 heterocycles. The number of rotatable bonds is 8. The van der Waals surface area contributed by atoms with Gasteiger partial charge in [0, 0.05) is 23.4 Å². The molecule has 2 N–H and O–H groups in total. The minimum absolute atomic E-state index is 0.135. The van der Waals surface area contributed by atoms with E-state index in [0.717, 1.165) is 27.3 Å². The molecule has 0 bridgehead atoms. The smallest absolute Gasteiger partial charge is 0.227 e. The van der Waals surface area contributed by atoms with Crippen LogP contribution in [0.4, 0.5) is 5.82 Å². The van der Waals surface area contributed by atoms with Crippen LogP contribution >= 0.6 is 11.3 Å². The van der Waals surface area contributed by atoms with Crippen LogP contribution in [0.1, 0.15) is 35.4 Å². The number of amides is 2. The number of aryl methyl sites for hydroxylation is 1. The zero-order chi connectivity index (χ0) is 23.2. The van der Waals surface area contributed by atoms with Gasteiger partial charge in [-0.3, -0.25) is 9.59 Å². The zero-order valence-corrected chi connectivity index (χ0v) is 19.4. The second kappa shape index (κ2) is 10.3. The maximum atomic E-state index is 13.0. The lowest BCUT2D eigenvalue weighted by Crippen LogP contribution is -2.29. The van der Waals surface area contributed by atoms with Crippen LogP contribution in [-0.4, -0.2) is 21.6 Å². The summed E-state index contributed by atoms with van der Waals surface area (Å²) in [5, 5.41) is 12.6. The van der Waals surface area contributed by atoms with E-state index in [4.69, 9.17) is 5.10 Å². The van der Waals surface area contributed by atoms with Gasteiger partial charge < -0.3 is 10.6 Å². The summed E-state index contributed by atoms with van der Waals surface area (Å²) in [5.41, 5.74) is 4.02. The van der Waals surface area contributed by atoms with E-state index >= 15 is 0 Å². The summed E-state index contributed by atoms with van der Waals surface area (Å²) in [5.74, 6) is 0.264. The Morgan fingerprint density at radius 1 is 1.03 bits per heavy atom. The quantitative estimate of drug-likeness (QED) is 0.382. The third-order valence-electron chi connectivity index (χ3n) is 5.30. The van der Waals surface area contributed by atoms with Gasteiger partial charge in [0.2, 0.25) is 11.8 Å². The van der Waals surface area contributed by atoms with Crippen molar-refractivity contribution in [2.45, 2.75) is 32.9 Å². The third-order valence-corrected chi connectivity index (χ3v) is 6.28. The van der Waals surface area contributed by atoms with E-state index < -0.39 is 0 Å². The van der Waals surface area contributed by atoms with Gasteiger partial charge in [-0.25, -0.2) is 4.68 Å². The lowest BCUT2D eigenvalue weighted by molar-refractivity contribution is -0.120. The van der Waals surface area contributed by atoms with Crippen molar-refractivity contribution < 1.29 is 9.59 Å². The van der Waals surface area contributed by atoms with Crippen LogP contribution in [-0.2, 0) is 16.1 Å². The normalized spacial score (nSPS) is 11.7. The van der Waals surface area contributed by atoms with Crippen LogP contribution in [0.3, 0.4) is 0 Å². The Hall–Kier alpha value is -3.71. The monoisotopic (exact) mass is 458 g/mol. The van der Waals surface area contributed by atoms with Crippen LogP contribution in [0.2, 0.25) is 0 Å². The summed E-state index contributed by atoms with van der Waals surface area (Å²) in [6.07, 6.45) is 0.135. The number of hydrogen-bond acceptors (Lipinski definition) is 4. The standard InChI is InChI=1S/C26H26N4O2S/c1-18-9-6-7-12-21(18)22-15-25(30(29-22)17-20-10-4-3-5-11-20)28-26(32)16-23(27-19(2)31)24-13-8-14-33-24/h3-15,23H,16-17H2,1-2H3,(H,27,31)(H,28,32). The molecule has 0 fully saturated rings. The Labute approximate surface area is 197 Å². The maximum Gasteiger partial charge on any atom is 0.227 e. The number of nitrogens with one attached hydrogen (secondary N) is 2. The Balaban J connectivity index is 1.60. The van der Waals surface area contributed by atoms with E-state index in [1.807, 2.05) is 89.8 Å². The van der Waals surface area contributed by atoms with E-state index in [1.54, 1.807) is 0 Å². The molecule has 4 rings (SSSR count). The van der Waals surface area contributed by atoms with Gasteiger partial charge in [-0.05, 0) is 29.5 Å². The average Bonchev–Trinajstić information content (AvgIpc) is 3.45. The highest BCUT2D eigenvalue weighted by Crippen LogP contribution is 2.27. The molecule has 1 atom stereocenters. The van der Waals surface area contributed by atoms with E-state index in [-0.39, 0.29) is 24.3 Å². The first kappa shape index (κ1) is 22.5. The summed E-state index contributed by atoms with van der Waals surface area (Å²) in [7, 11) is 0. The molecular formula is C26H26N4O2S. The zero-order valence-electron chi connectivity index (χ0n) is 18.6. The first-order valence-electron chi connectivity index (χ1n) is 10.8. The molecule has 7 heteroatoms. The number of thiophene rings is 1. The molecule has 0 saturated carbocycles. The number of anilines is 1. The van der Waals surface area contributed by atoms with Crippen molar-refractivity contribution in [2.24, 2.45) is 0 Å².